The van der Waals surface area contributed by atoms with Crippen molar-refractivity contribution in [3.8, 4) is 5.88 Å². The molecule has 0 saturated carbocycles. The van der Waals surface area contributed by atoms with Gasteiger partial charge in [-0.05, 0) is 69.7 Å². The summed E-state index contributed by atoms with van der Waals surface area (Å²) >= 11 is 0. The lowest BCUT2D eigenvalue weighted by Gasteiger charge is -2.36. The molecule has 1 aliphatic heterocycles. The van der Waals surface area contributed by atoms with E-state index in [1.807, 2.05) is 32.2 Å². The Kier molecular flexibility index (Phi) is 10.3. The van der Waals surface area contributed by atoms with Gasteiger partial charge in [0.1, 0.15) is 6.61 Å². The van der Waals surface area contributed by atoms with E-state index in [1.54, 1.807) is 0 Å². The Bertz CT molecular complexity index is 995. The van der Waals surface area contributed by atoms with Gasteiger partial charge in [-0.3, -0.25) is 0 Å². The number of hydroxylamine groups is 2. The average molecular weight is 495 g/mol. The smallest absolute Gasteiger partial charge is 0.213 e. The summed E-state index contributed by atoms with van der Waals surface area (Å²) in [5, 5.41) is 12.0. The van der Waals surface area contributed by atoms with Gasteiger partial charge in [0.15, 0.2) is 0 Å². The van der Waals surface area contributed by atoms with E-state index in [9.17, 15) is 5.21 Å². The molecule has 6 nitrogen and oxygen atoms in total. The molecule has 0 atom stereocenters. The fourth-order valence-corrected chi connectivity index (χ4v) is 4.41. The number of hydrogen-bond acceptors (Lipinski definition) is 6. The summed E-state index contributed by atoms with van der Waals surface area (Å²) in [6.45, 7) is 13.3. The maximum atomic E-state index is 10.5. The summed E-state index contributed by atoms with van der Waals surface area (Å²) in [4.78, 5) is 4.37. The van der Waals surface area contributed by atoms with Crippen LogP contribution >= 0.6 is 0 Å². The van der Waals surface area contributed by atoms with E-state index < -0.39 is 0 Å². The van der Waals surface area contributed by atoms with Crippen LogP contribution in [0, 0.1) is 0 Å². The van der Waals surface area contributed by atoms with Gasteiger partial charge in [0.25, 0.3) is 0 Å². The van der Waals surface area contributed by atoms with Crippen molar-refractivity contribution in [2.45, 2.75) is 65.0 Å². The van der Waals surface area contributed by atoms with E-state index in [2.05, 4.69) is 68.2 Å². The minimum atomic E-state index is -0.335. The van der Waals surface area contributed by atoms with Crippen molar-refractivity contribution in [3.05, 3.63) is 70.9 Å². The Hall–Kier alpha value is -2.51. The molecule has 2 aromatic rings. The summed E-state index contributed by atoms with van der Waals surface area (Å²) in [6.07, 6.45) is 11.1. The number of pyridine rings is 1. The largest absolute Gasteiger partial charge is 0.475 e. The fraction of sp³-hybridized carbons (Fsp3) is 0.500. The second kappa shape index (κ2) is 13.2. The normalized spacial score (nSPS) is 17.0. The summed E-state index contributed by atoms with van der Waals surface area (Å²) in [5.41, 5.74) is 4.06. The van der Waals surface area contributed by atoms with Gasteiger partial charge in [0.2, 0.25) is 5.88 Å². The number of aromatic nitrogens is 1. The van der Waals surface area contributed by atoms with Crippen LogP contribution in [0.2, 0.25) is 0 Å². The van der Waals surface area contributed by atoms with Crippen LogP contribution in [0.25, 0.3) is 12.2 Å². The van der Waals surface area contributed by atoms with Crippen LogP contribution in [0.3, 0.4) is 0 Å². The molecule has 0 saturated heterocycles. The number of benzene rings is 1. The molecule has 6 heteroatoms. The lowest BCUT2D eigenvalue weighted by molar-refractivity contribution is -0.185. The molecule has 1 N–H and O–H groups in total. The van der Waals surface area contributed by atoms with Gasteiger partial charge in [-0.1, -0.05) is 55.0 Å². The van der Waals surface area contributed by atoms with Gasteiger partial charge in [0, 0.05) is 18.9 Å². The summed E-state index contributed by atoms with van der Waals surface area (Å²) in [6, 6.07) is 12.5. The van der Waals surface area contributed by atoms with Crippen molar-refractivity contribution in [2.75, 3.05) is 33.0 Å². The zero-order valence-electron chi connectivity index (χ0n) is 22.5. The highest BCUT2D eigenvalue weighted by atomic mass is 16.5. The third kappa shape index (κ3) is 8.00. The number of hydrogen-bond donors (Lipinski definition) is 1. The first-order chi connectivity index (χ1) is 17.2. The second-order valence-corrected chi connectivity index (χ2v) is 10.3. The first kappa shape index (κ1) is 28.1. The summed E-state index contributed by atoms with van der Waals surface area (Å²) in [5.74, 6) is 0.593. The molecule has 3 rings (SSSR count). The van der Waals surface area contributed by atoms with Gasteiger partial charge >= 0.3 is 0 Å². The fourth-order valence-electron chi connectivity index (χ4n) is 4.41. The van der Waals surface area contributed by atoms with E-state index >= 15 is 0 Å². The average Bonchev–Trinajstić information content (AvgIpc) is 3.03. The zero-order valence-corrected chi connectivity index (χ0v) is 22.5. The molecule has 1 aliphatic rings. The predicted molar refractivity (Wildman–Crippen MR) is 145 cm³/mol. The third-order valence-electron chi connectivity index (χ3n) is 6.48. The Morgan fingerprint density at radius 2 is 1.47 bits per heavy atom. The van der Waals surface area contributed by atoms with Crippen LogP contribution < -0.4 is 4.74 Å². The highest BCUT2D eigenvalue weighted by Crippen LogP contribution is 2.40. The quantitative estimate of drug-likeness (QED) is 0.249. The van der Waals surface area contributed by atoms with Gasteiger partial charge in [-0.2, -0.15) is 5.06 Å². The topological polar surface area (TPSA) is 64.0 Å². The zero-order chi connectivity index (χ0) is 26.0. The number of nitrogens with zero attached hydrogens (tertiary/aromatic N) is 2. The molecule has 0 bridgehead atoms. The van der Waals surface area contributed by atoms with Gasteiger partial charge < -0.3 is 19.4 Å². The second-order valence-electron chi connectivity index (χ2n) is 10.3. The maximum absolute atomic E-state index is 10.5. The molecule has 0 aliphatic carbocycles. The minimum Gasteiger partial charge on any atom is -0.475 e. The highest BCUT2D eigenvalue weighted by molar-refractivity contribution is 5.69. The molecule has 36 heavy (non-hydrogen) atoms. The van der Waals surface area contributed by atoms with E-state index in [1.165, 1.54) is 16.2 Å². The molecular weight excluding hydrogens is 452 g/mol. The lowest BCUT2D eigenvalue weighted by atomic mass is 9.91. The van der Waals surface area contributed by atoms with Gasteiger partial charge in [0.05, 0.1) is 30.9 Å². The van der Waals surface area contributed by atoms with Crippen LogP contribution in [0.5, 0.6) is 5.88 Å². The Morgan fingerprint density at radius 1 is 0.833 bits per heavy atom. The van der Waals surface area contributed by atoms with Gasteiger partial charge in [-0.25, -0.2) is 4.98 Å². The van der Waals surface area contributed by atoms with Crippen LogP contribution in [0.15, 0.2) is 54.2 Å². The molecular formula is C30H42N2O4. The van der Waals surface area contributed by atoms with E-state index in [0.29, 0.717) is 32.3 Å². The first-order valence-corrected chi connectivity index (χ1v) is 12.9. The molecule has 0 spiro atoms. The van der Waals surface area contributed by atoms with Crippen LogP contribution in [0.1, 0.15) is 64.2 Å². The third-order valence-corrected chi connectivity index (χ3v) is 6.48. The SMILES string of the molecule is CCCOCCOCCOc1ccc(/C=C/c2ccc(CCC3=CC(C)(C)N(O)C3(C)C)cc2)cn1. The highest BCUT2D eigenvalue weighted by Gasteiger charge is 2.44. The van der Waals surface area contributed by atoms with E-state index in [0.717, 1.165) is 37.0 Å². The Balaban J connectivity index is 1.41. The Labute approximate surface area is 216 Å². The predicted octanol–water partition coefficient (Wildman–Crippen LogP) is 6.20. The van der Waals surface area contributed by atoms with Gasteiger partial charge in [-0.15, -0.1) is 0 Å². The number of rotatable bonds is 14. The maximum Gasteiger partial charge on any atom is 0.213 e. The summed E-state index contributed by atoms with van der Waals surface area (Å²) < 4.78 is 16.5. The Morgan fingerprint density at radius 3 is 2.08 bits per heavy atom. The van der Waals surface area contributed by atoms with E-state index in [-0.39, 0.29) is 11.1 Å². The summed E-state index contributed by atoms with van der Waals surface area (Å²) in [7, 11) is 0. The molecule has 2 heterocycles. The minimum absolute atomic E-state index is 0.329. The van der Waals surface area contributed by atoms with E-state index in [4.69, 9.17) is 14.2 Å². The lowest BCUT2D eigenvalue weighted by Crippen LogP contribution is -2.47. The van der Waals surface area contributed by atoms with Crippen molar-refractivity contribution >= 4 is 12.2 Å². The molecule has 1 aromatic carbocycles. The first-order valence-electron chi connectivity index (χ1n) is 12.9. The molecule has 0 unspecified atom stereocenters. The van der Waals surface area contributed by atoms with Crippen molar-refractivity contribution in [1.82, 2.24) is 10.0 Å². The number of ether oxygens (including phenoxy) is 3. The number of aryl methyl sites for hydroxylation is 1. The van der Waals surface area contributed by atoms with Crippen molar-refractivity contribution in [1.29, 1.82) is 0 Å². The van der Waals surface area contributed by atoms with Crippen molar-refractivity contribution < 1.29 is 19.4 Å². The van der Waals surface area contributed by atoms with Crippen LogP contribution in [0.4, 0.5) is 0 Å². The molecule has 1 aromatic heterocycles. The molecule has 196 valence electrons. The monoisotopic (exact) mass is 494 g/mol. The van der Waals surface area contributed by atoms with Crippen molar-refractivity contribution in [2.24, 2.45) is 0 Å². The van der Waals surface area contributed by atoms with Crippen LogP contribution in [-0.4, -0.2) is 59.4 Å². The molecule has 0 radical (unpaired) electrons. The standard InChI is InChI=1S/C30H42N2O4/c1-6-17-34-18-19-35-20-21-36-28-16-14-26(23-31-28)12-11-24-7-9-25(10-8-24)13-15-27-22-29(2,3)32(33)30(27,4)5/h7-12,14,16,22-23,33H,6,13,15,17-21H2,1-5H3/b12-11+. The molecule has 0 fully saturated rings. The van der Waals surface area contributed by atoms with Crippen molar-refractivity contribution in [3.63, 3.8) is 0 Å². The molecule has 0 amide bonds. The van der Waals surface area contributed by atoms with Crippen LogP contribution in [-0.2, 0) is 15.9 Å².